The van der Waals surface area contributed by atoms with Gasteiger partial charge in [-0.2, -0.15) is 26.3 Å². The van der Waals surface area contributed by atoms with Gasteiger partial charge in [-0.3, -0.25) is 4.79 Å². The Morgan fingerprint density at radius 2 is 1.74 bits per heavy atom. The second-order valence-electron chi connectivity index (χ2n) is 5.66. The van der Waals surface area contributed by atoms with E-state index in [1.54, 1.807) is 19.2 Å². The number of hydrogen-bond acceptors (Lipinski definition) is 8. The van der Waals surface area contributed by atoms with Crippen LogP contribution in [0.15, 0.2) is 9.80 Å². The van der Waals surface area contributed by atoms with Crippen LogP contribution in [-0.2, 0) is 6.42 Å². The second kappa shape index (κ2) is 8.31. The predicted molar refractivity (Wildman–Crippen MR) is 78.9 cm³/mol. The van der Waals surface area contributed by atoms with Crippen molar-refractivity contribution in [3.05, 3.63) is 16.3 Å². The van der Waals surface area contributed by atoms with Crippen LogP contribution in [0.5, 0.6) is 0 Å². The van der Waals surface area contributed by atoms with Gasteiger partial charge in [-0.1, -0.05) is 0 Å². The Morgan fingerprint density at radius 3 is 2.11 bits per heavy atom. The number of aromatic nitrogens is 3. The average Bonchev–Trinajstić information content (AvgIpc) is 3.12. The molecule has 0 saturated heterocycles. The van der Waals surface area contributed by atoms with Gasteiger partial charge in [0.2, 0.25) is 12.0 Å². The molecule has 7 nitrogen and oxygen atoms in total. The van der Waals surface area contributed by atoms with Crippen molar-refractivity contribution in [1.29, 1.82) is 0 Å². The lowest BCUT2D eigenvalue weighted by Gasteiger charge is -2.16. The molecule has 2 heterocycles. The summed E-state index contributed by atoms with van der Waals surface area (Å²) < 4.78 is 71.2. The van der Waals surface area contributed by atoms with Gasteiger partial charge < -0.3 is 14.6 Å². The number of aliphatic hydroxyl groups is 2. The van der Waals surface area contributed by atoms with E-state index >= 15 is 0 Å². The zero-order valence-electron chi connectivity index (χ0n) is 13.7. The van der Waals surface area contributed by atoms with E-state index < -0.39 is 24.1 Å². The number of rotatable bonds is 4. The molecular weight excluding hydrogens is 408 g/mol. The summed E-state index contributed by atoms with van der Waals surface area (Å²) in [6.45, 7) is 3.31. The van der Waals surface area contributed by atoms with E-state index in [9.17, 15) is 36.2 Å². The minimum atomic E-state index is -5.63. The van der Waals surface area contributed by atoms with Crippen molar-refractivity contribution in [1.82, 2.24) is 15.2 Å². The lowest BCUT2D eigenvalue weighted by Crippen LogP contribution is -2.41. The van der Waals surface area contributed by atoms with Crippen molar-refractivity contribution in [2.75, 3.05) is 0 Å². The minimum Gasteiger partial charge on any atom is -0.419 e. The summed E-state index contributed by atoms with van der Waals surface area (Å²) in [5.41, 5.74) is -0.425. The van der Waals surface area contributed by atoms with E-state index in [0.29, 0.717) is 22.9 Å². The first-order valence-electron chi connectivity index (χ1n) is 6.91. The van der Waals surface area contributed by atoms with Crippen LogP contribution in [-0.4, -0.2) is 55.7 Å². The number of carbonyl (C=O) groups is 1. The Bertz CT molecular complexity index is 736. The van der Waals surface area contributed by atoms with E-state index in [1.165, 1.54) is 11.3 Å². The molecular formula is C13H13F6N3O4S. The van der Waals surface area contributed by atoms with Crippen LogP contribution in [0.2, 0.25) is 0 Å². The summed E-state index contributed by atoms with van der Waals surface area (Å²) in [7, 11) is 0. The third-order valence-corrected chi connectivity index (χ3v) is 3.28. The summed E-state index contributed by atoms with van der Waals surface area (Å²) in [4.78, 5) is 14.5. The van der Waals surface area contributed by atoms with Gasteiger partial charge >= 0.3 is 12.4 Å². The van der Waals surface area contributed by atoms with Crippen LogP contribution >= 0.6 is 11.3 Å². The first-order valence-corrected chi connectivity index (χ1v) is 7.79. The third kappa shape index (κ3) is 7.60. The van der Waals surface area contributed by atoms with Gasteiger partial charge in [-0.25, -0.2) is 4.98 Å². The fourth-order valence-electron chi connectivity index (χ4n) is 1.42. The monoisotopic (exact) mass is 421 g/mol. The van der Waals surface area contributed by atoms with Crippen molar-refractivity contribution in [3.8, 4) is 11.6 Å². The van der Waals surface area contributed by atoms with Crippen molar-refractivity contribution in [2.45, 2.75) is 44.3 Å². The zero-order valence-corrected chi connectivity index (χ0v) is 14.5. The molecule has 2 aromatic heterocycles. The highest BCUT2D eigenvalue weighted by atomic mass is 32.1. The molecule has 0 saturated carbocycles. The van der Waals surface area contributed by atoms with Crippen LogP contribution in [0.3, 0.4) is 0 Å². The Balaban J connectivity index is 0.000000314. The standard InChI is InChI=1S/C10H11N3O3S.C3H2F6O/c1-10(2,15)3-7-12-13-9(16-7)6-5-17-8(4-14)11-6;4-2(5,6)1(10)3(7,8)9/h4-5,15H,3H2,1-2H3;1,10H. The number of hydrogen-bond donors (Lipinski definition) is 2. The molecule has 0 unspecified atom stereocenters. The average molecular weight is 421 g/mol. The van der Waals surface area contributed by atoms with Gasteiger partial charge in [0.05, 0.1) is 12.0 Å². The number of aldehydes is 1. The van der Waals surface area contributed by atoms with E-state index in [4.69, 9.17) is 9.52 Å². The molecule has 27 heavy (non-hydrogen) atoms. The van der Waals surface area contributed by atoms with Crippen LogP contribution in [0.25, 0.3) is 11.6 Å². The Hall–Kier alpha value is -2.06. The number of thiazole rings is 1. The lowest BCUT2D eigenvalue weighted by molar-refractivity contribution is -0.308. The van der Waals surface area contributed by atoms with Crippen molar-refractivity contribution in [3.63, 3.8) is 0 Å². The quantitative estimate of drug-likeness (QED) is 0.577. The molecule has 0 aliphatic heterocycles. The van der Waals surface area contributed by atoms with Gasteiger partial charge in [-0.05, 0) is 13.8 Å². The van der Waals surface area contributed by atoms with Gasteiger partial charge in [0.15, 0.2) is 11.3 Å². The maximum atomic E-state index is 11.0. The zero-order chi connectivity index (χ0) is 21.0. The summed E-state index contributed by atoms with van der Waals surface area (Å²) >= 11 is 1.21. The molecule has 2 rings (SSSR count). The maximum Gasteiger partial charge on any atom is 0.423 e. The first-order chi connectivity index (χ1) is 12.1. The Kier molecular flexibility index (Phi) is 7.07. The molecule has 0 aromatic carbocycles. The molecule has 0 radical (unpaired) electrons. The normalized spacial score (nSPS) is 12.7. The molecule has 0 fully saturated rings. The van der Waals surface area contributed by atoms with Crippen LogP contribution in [0.1, 0.15) is 29.5 Å². The fraction of sp³-hybridized carbons (Fsp3) is 0.538. The molecule has 0 bridgehead atoms. The lowest BCUT2D eigenvalue weighted by atomic mass is 10.1. The third-order valence-electron chi connectivity index (χ3n) is 2.51. The molecule has 2 N–H and O–H groups in total. The molecule has 2 aromatic rings. The highest BCUT2D eigenvalue weighted by Gasteiger charge is 2.55. The highest BCUT2D eigenvalue weighted by molar-refractivity contribution is 7.11. The van der Waals surface area contributed by atoms with Gasteiger partial charge in [-0.15, -0.1) is 21.5 Å². The number of carbonyl (C=O) groups excluding carboxylic acids is 1. The number of aliphatic hydroxyl groups excluding tert-OH is 1. The molecule has 0 aliphatic rings. The van der Waals surface area contributed by atoms with Crippen LogP contribution < -0.4 is 0 Å². The van der Waals surface area contributed by atoms with Crippen molar-refractivity contribution < 1.29 is 45.8 Å². The fourth-order valence-corrected chi connectivity index (χ4v) is 2.02. The second-order valence-corrected chi connectivity index (χ2v) is 6.55. The first kappa shape index (κ1) is 23.0. The topological polar surface area (TPSA) is 109 Å². The molecule has 0 amide bonds. The number of halogens is 6. The summed E-state index contributed by atoms with van der Waals surface area (Å²) in [5.74, 6) is 0.599. The Morgan fingerprint density at radius 1 is 1.19 bits per heavy atom. The number of nitrogens with zero attached hydrogens (tertiary/aromatic N) is 3. The smallest absolute Gasteiger partial charge is 0.419 e. The summed E-state index contributed by atoms with van der Waals surface area (Å²) in [6, 6.07) is 0. The summed E-state index contributed by atoms with van der Waals surface area (Å²) in [6.07, 6.45) is -14.6. The van der Waals surface area contributed by atoms with Gasteiger partial charge in [0, 0.05) is 5.38 Å². The molecule has 152 valence electrons. The van der Waals surface area contributed by atoms with E-state index in [-0.39, 0.29) is 12.3 Å². The Labute approximate surface area is 151 Å². The maximum absolute atomic E-state index is 11.0. The highest BCUT2D eigenvalue weighted by Crippen LogP contribution is 2.32. The van der Waals surface area contributed by atoms with Gasteiger partial charge in [0.25, 0.3) is 5.89 Å². The van der Waals surface area contributed by atoms with Crippen LogP contribution in [0.4, 0.5) is 26.3 Å². The number of alkyl halides is 6. The predicted octanol–water partition coefficient (Wildman–Crippen LogP) is 2.79. The van der Waals surface area contributed by atoms with E-state index in [2.05, 4.69) is 15.2 Å². The van der Waals surface area contributed by atoms with Crippen molar-refractivity contribution in [2.24, 2.45) is 0 Å². The van der Waals surface area contributed by atoms with Crippen LogP contribution in [0, 0.1) is 0 Å². The largest absolute Gasteiger partial charge is 0.423 e. The molecule has 14 heteroatoms. The molecule has 0 spiro atoms. The van der Waals surface area contributed by atoms with Gasteiger partial charge in [0.1, 0.15) is 5.69 Å². The molecule has 0 aliphatic carbocycles. The summed E-state index contributed by atoms with van der Waals surface area (Å²) in [5, 5.41) is 26.7. The van der Waals surface area contributed by atoms with E-state index in [1.807, 2.05) is 0 Å². The van der Waals surface area contributed by atoms with E-state index in [0.717, 1.165) is 0 Å². The molecule has 0 atom stereocenters. The minimum absolute atomic E-state index is 0.258. The SMILES string of the molecule is CC(C)(O)Cc1nnc(-c2csc(C=O)n2)o1.OC(C(F)(F)F)C(F)(F)F. The van der Waals surface area contributed by atoms with Crippen molar-refractivity contribution >= 4 is 17.6 Å².